The second-order valence-electron chi connectivity index (χ2n) is 5.85. The third-order valence-electron chi connectivity index (χ3n) is 4.76. The van der Waals surface area contributed by atoms with Crippen LogP contribution in [0.4, 0.5) is 0 Å². The van der Waals surface area contributed by atoms with Gasteiger partial charge in [0.1, 0.15) is 6.10 Å². The number of Topliss-reactive ketones (excluding diaryl/α,β-unsaturated/α-hetero) is 1. The molecule has 1 saturated carbocycles. The van der Waals surface area contributed by atoms with Gasteiger partial charge in [-0.05, 0) is 43.3 Å². The number of fused-ring (bicyclic) bond motifs is 3. The molecule has 0 spiro atoms. The van der Waals surface area contributed by atoms with Crippen molar-refractivity contribution in [2.45, 2.75) is 39.7 Å². The molecule has 1 aliphatic heterocycles. The Labute approximate surface area is 107 Å². The van der Waals surface area contributed by atoms with Crippen LogP contribution in [0.3, 0.4) is 0 Å². The highest BCUT2D eigenvalue weighted by Gasteiger charge is 2.47. The minimum Gasteiger partial charge on any atom is -0.454 e. The normalized spacial score (nSPS) is 39.2. The molecule has 3 heteroatoms. The Balaban J connectivity index is 2.08. The molecule has 0 aromatic rings. The zero-order valence-corrected chi connectivity index (χ0v) is 11.0. The molecule has 3 nitrogen and oxygen atoms in total. The van der Waals surface area contributed by atoms with Crippen LogP contribution in [0.2, 0.25) is 0 Å². The van der Waals surface area contributed by atoms with E-state index in [1.54, 1.807) is 0 Å². The SMILES string of the molecule is CC1=C[C@H]2C3=C(C)C(=O)O[C@@H]3C[C@H](C)[C@H]2CC1=O. The van der Waals surface area contributed by atoms with Gasteiger partial charge in [0.2, 0.25) is 0 Å². The summed E-state index contributed by atoms with van der Waals surface area (Å²) in [5.74, 6) is 1.08. The smallest absolute Gasteiger partial charge is 0.334 e. The first-order valence-electron chi connectivity index (χ1n) is 6.62. The number of esters is 1. The molecule has 2 aliphatic carbocycles. The lowest BCUT2D eigenvalue weighted by Gasteiger charge is -2.41. The number of carbonyl (C=O) groups is 2. The van der Waals surface area contributed by atoms with Gasteiger partial charge in [0, 0.05) is 17.9 Å². The molecule has 3 aliphatic rings. The molecule has 0 saturated heterocycles. The zero-order valence-electron chi connectivity index (χ0n) is 11.0. The lowest BCUT2D eigenvalue weighted by Crippen LogP contribution is -2.38. The highest BCUT2D eigenvalue weighted by Crippen LogP contribution is 2.48. The van der Waals surface area contributed by atoms with E-state index >= 15 is 0 Å². The molecule has 0 unspecified atom stereocenters. The average molecular weight is 246 g/mol. The highest BCUT2D eigenvalue weighted by molar-refractivity contribution is 5.97. The van der Waals surface area contributed by atoms with E-state index in [0.29, 0.717) is 18.3 Å². The van der Waals surface area contributed by atoms with E-state index in [-0.39, 0.29) is 23.8 Å². The Hall–Kier alpha value is -1.38. The zero-order chi connectivity index (χ0) is 13.0. The van der Waals surface area contributed by atoms with E-state index in [4.69, 9.17) is 4.74 Å². The first-order chi connectivity index (χ1) is 8.49. The monoisotopic (exact) mass is 246 g/mol. The molecule has 0 N–H and O–H groups in total. The molecule has 18 heavy (non-hydrogen) atoms. The Morgan fingerprint density at radius 1 is 1.28 bits per heavy atom. The summed E-state index contributed by atoms with van der Waals surface area (Å²) < 4.78 is 5.43. The second kappa shape index (κ2) is 3.81. The van der Waals surface area contributed by atoms with E-state index in [1.165, 1.54) is 0 Å². The first-order valence-corrected chi connectivity index (χ1v) is 6.62. The van der Waals surface area contributed by atoms with Gasteiger partial charge in [0.15, 0.2) is 5.78 Å². The van der Waals surface area contributed by atoms with E-state index < -0.39 is 0 Å². The topological polar surface area (TPSA) is 43.4 Å². The highest BCUT2D eigenvalue weighted by atomic mass is 16.5. The number of ketones is 1. The standard InChI is InChI=1S/C15H18O3/c1-7-5-13-14(9(3)15(17)18-13)11-4-8(2)12(16)6-10(7)11/h4,7,10-11,13H,5-6H2,1-3H3/t7-,10+,11+,13+/m0/s1. The van der Waals surface area contributed by atoms with Crippen LogP contribution in [0.25, 0.3) is 0 Å². The van der Waals surface area contributed by atoms with Crippen LogP contribution in [0.15, 0.2) is 22.8 Å². The van der Waals surface area contributed by atoms with Crippen molar-refractivity contribution in [3.05, 3.63) is 22.8 Å². The van der Waals surface area contributed by atoms with Crippen molar-refractivity contribution >= 4 is 11.8 Å². The number of allylic oxidation sites excluding steroid dienone is 2. The molecule has 0 radical (unpaired) electrons. The van der Waals surface area contributed by atoms with Crippen LogP contribution in [0, 0.1) is 17.8 Å². The number of hydrogen-bond donors (Lipinski definition) is 0. The van der Waals surface area contributed by atoms with Gasteiger partial charge in [-0.3, -0.25) is 4.79 Å². The summed E-state index contributed by atoms with van der Waals surface area (Å²) in [7, 11) is 0. The molecule has 3 rings (SSSR count). The second-order valence-corrected chi connectivity index (χ2v) is 5.85. The van der Waals surface area contributed by atoms with Crippen molar-refractivity contribution in [1.29, 1.82) is 0 Å². The van der Waals surface area contributed by atoms with E-state index in [2.05, 4.69) is 13.0 Å². The van der Waals surface area contributed by atoms with Crippen LogP contribution in [-0.2, 0) is 14.3 Å². The molecule has 0 aromatic heterocycles. The summed E-state index contributed by atoms with van der Waals surface area (Å²) >= 11 is 0. The Bertz CT molecular complexity index is 498. The molecular weight excluding hydrogens is 228 g/mol. The molecule has 96 valence electrons. The van der Waals surface area contributed by atoms with Gasteiger partial charge in [-0.2, -0.15) is 0 Å². The maximum Gasteiger partial charge on any atom is 0.334 e. The third kappa shape index (κ3) is 1.49. The fourth-order valence-electron chi connectivity index (χ4n) is 3.66. The van der Waals surface area contributed by atoms with E-state index in [1.807, 2.05) is 13.8 Å². The third-order valence-corrected chi connectivity index (χ3v) is 4.76. The van der Waals surface area contributed by atoms with Crippen molar-refractivity contribution in [2.75, 3.05) is 0 Å². The van der Waals surface area contributed by atoms with Crippen molar-refractivity contribution in [2.24, 2.45) is 17.8 Å². The van der Waals surface area contributed by atoms with Gasteiger partial charge in [-0.25, -0.2) is 4.79 Å². The van der Waals surface area contributed by atoms with Gasteiger partial charge in [0.05, 0.1) is 0 Å². The largest absolute Gasteiger partial charge is 0.454 e. The van der Waals surface area contributed by atoms with Crippen LogP contribution >= 0.6 is 0 Å². The Morgan fingerprint density at radius 3 is 2.72 bits per heavy atom. The van der Waals surface area contributed by atoms with Crippen LogP contribution < -0.4 is 0 Å². The molecular formula is C15H18O3. The fraction of sp³-hybridized carbons (Fsp3) is 0.600. The van der Waals surface area contributed by atoms with Crippen molar-refractivity contribution in [1.82, 2.24) is 0 Å². The van der Waals surface area contributed by atoms with Gasteiger partial charge in [-0.1, -0.05) is 13.0 Å². The summed E-state index contributed by atoms with van der Waals surface area (Å²) in [6, 6.07) is 0. The molecule has 1 heterocycles. The minimum absolute atomic E-state index is 0.0500. The number of carbonyl (C=O) groups excluding carboxylic acids is 2. The van der Waals surface area contributed by atoms with E-state index in [9.17, 15) is 9.59 Å². The Kier molecular flexibility index (Phi) is 2.47. The fourth-order valence-corrected chi connectivity index (χ4v) is 3.66. The summed E-state index contributed by atoms with van der Waals surface area (Å²) in [4.78, 5) is 23.5. The van der Waals surface area contributed by atoms with Crippen LogP contribution in [-0.4, -0.2) is 17.9 Å². The number of ether oxygens (including phenoxy) is 1. The molecule has 1 fully saturated rings. The summed E-state index contributed by atoms with van der Waals surface area (Å²) in [6.07, 6.45) is 3.48. The van der Waals surface area contributed by atoms with Crippen molar-refractivity contribution in [3.8, 4) is 0 Å². The summed E-state index contributed by atoms with van der Waals surface area (Å²) in [5.41, 5.74) is 2.74. The molecule has 4 atom stereocenters. The maximum atomic E-state index is 11.8. The van der Waals surface area contributed by atoms with Gasteiger partial charge >= 0.3 is 5.97 Å². The van der Waals surface area contributed by atoms with Crippen molar-refractivity contribution < 1.29 is 14.3 Å². The average Bonchev–Trinajstić information content (AvgIpc) is 2.58. The number of rotatable bonds is 0. The summed E-state index contributed by atoms with van der Waals surface area (Å²) in [5, 5.41) is 0. The molecule has 0 aromatic carbocycles. The quantitative estimate of drug-likeness (QED) is 0.616. The lowest BCUT2D eigenvalue weighted by molar-refractivity contribution is -0.141. The first kappa shape index (κ1) is 11.7. The minimum atomic E-state index is -0.175. The summed E-state index contributed by atoms with van der Waals surface area (Å²) in [6.45, 7) is 5.89. The maximum absolute atomic E-state index is 11.8. The Morgan fingerprint density at radius 2 is 2.00 bits per heavy atom. The number of hydrogen-bond acceptors (Lipinski definition) is 3. The molecule has 0 bridgehead atoms. The van der Waals surface area contributed by atoms with Gasteiger partial charge < -0.3 is 4.74 Å². The van der Waals surface area contributed by atoms with E-state index in [0.717, 1.165) is 23.1 Å². The van der Waals surface area contributed by atoms with Gasteiger partial charge in [0.25, 0.3) is 0 Å². The lowest BCUT2D eigenvalue weighted by atomic mass is 9.63. The van der Waals surface area contributed by atoms with Crippen LogP contribution in [0.1, 0.15) is 33.6 Å². The predicted molar refractivity (Wildman–Crippen MR) is 66.7 cm³/mol. The van der Waals surface area contributed by atoms with Crippen molar-refractivity contribution in [3.63, 3.8) is 0 Å². The van der Waals surface area contributed by atoms with Crippen LogP contribution in [0.5, 0.6) is 0 Å². The predicted octanol–water partition coefficient (Wildman–Crippen LogP) is 2.42. The van der Waals surface area contributed by atoms with Gasteiger partial charge in [-0.15, -0.1) is 0 Å². The molecule has 0 amide bonds.